The molecule has 1 atom stereocenters. The molecule has 0 fully saturated rings. The maximum atomic E-state index is 12.4. The average molecular weight is 370 g/mol. The first-order valence-electron chi connectivity index (χ1n) is 11.1. The zero-order chi connectivity index (χ0) is 19.6. The Bertz CT molecular complexity index is 353. The number of carboxylic acids is 1. The summed E-state index contributed by atoms with van der Waals surface area (Å²) in [6, 6.07) is 0. The monoisotopic (exact) mass is 369 g/mol. The van der Waals surface area contributed by atoms with Gasteiger partial charge in [0.25, 0.3) is 0 Å². The van der Waals surface area contributed by atoms with Gasteiger partial charge in [0.2, 0.25) is 5.91 Å². The molecule has 154 valence electrons. The maximum absolute atomic E-state index is 12.4. The molecule has 0 rings (SSSR count). The molecule has 0 aliphatic carbocycles. The third-order valence-electron chi connectivity index (χ3n) is 5.25. The van der Waals surface area contributed by atoms with Crippen LogP contribution in [0, 0.1) is 5.92 Å². The molecule has 0 bridgehead atoms. The van der Waals surface area contributed by atoms with Crippen LogP contribution in [-0.4, -0.2) is 35.0 Å². The van der Waals surface area contributed by atoms with Crippen molar-refractivity contribution in [2.24, 2.45) is 5.92 Å². The Hall–Kier alpha value is -1.06. The fourth-order valence-corrected chi connectivity index (χ4v) is 3.55. The zero-order valence-corrected chi connectivity index (χ0v) is 17.6. The summed E-state index contributed by atoms with van der Waals surface area (Å²) in [5, 5.41) is 9.08. The highest BCUT2D eigenvalue weighted by molar-refractivity contribution is 5.83. The van der Waals surface area contributed by atoms with Crippen molar-refractivity contribution < 1.29 is 14.7 Å². The van der Waals surface area contributed by atoms with Gasteiger partial charge in [-0.15, -0.1) is 0 Å². The van der Waals surface area contributed by atoms with E-state index in [0.29, 0.717) is 19.5 Å². The first-order chi connectivity index (χ1) is 12.6. The van der Waals surface area contributed by atoms with Crippen LogP contribution < -0.4 is 0 Å². The normalized spacial score (nSPS) is 12.1. The molecule has 0 heterocycles. The number of hydrogen-bond donors (Lipinski definition) is 1. The molecular weight excluding hydrogens is 326 g/mol. The van der Waals surface area contributed by atoms with Crippen molar-refractivity contribution in [1.29, 1.82) is 0 Å². The second-order valence-corrected chi connectivity index (χ2v) is 7.48. The van der Waals surface area contributed by atoms with Gasteiger partial charge in [0.05, 0.1) is 6.42 Å². The van der Waals surface area contributed by atoms with Gasteiger partial charge in [0, 0.05) is 19.0 Å². The summed E-state index contributed by atoms with van der Waals surface area (Å²) < 4.78 is 0. The van der Waals surface area contributed by atoms with Crippen LogP contribution in [-0.2, 0) is 9.59 Å². The molecule has 0 saturated heterocycles. The SMILES string of the molecule is CCCCCCCCCCCCCCC(CC(=O)O)C(=O)N(CC)CC. The predicted molar refractivity (Wildman–Crippen MR) is 109 cm³/mol. The minimum absolute atomic E-state index is 0.0143. The molecule has 0 aliphatic rings. The van der Waals surface area contributed by atoms with Gasteiger partial charge in [0.1, 0.15) is 0 Å². The summed E-state index contributed by atoms with van der Waals surface area (Å²) in [5.74, 6) is -1.20. The van der Waals surface area contributed by atoms with E-state index in [1.807, 2.05) is 13.8 Å². The number of nitrogens with zero attached hydrogens (tertiary/aromatic N) is 1. The quantitative estimate of drug-likeness (QED) is 0.300. The van der Waals surface area contributed by atoms with Crippen molar-refractivity contribution >= 4 is 11.9 Å². The van der Waals surface area contributed by atoms with Crippen LogP contribution in [0.15, 0.2) is 0 Å². The van der Waals surface area contributed by atoms with Crippen LogP contribution in [0.1, 0.15) is 111 Å². The standard InChI is InChI=1S/C22H43NO3/c1-4-7-8-9-10-11-12-13-14-15-16-17-18-20(19-21(24)25)22(26)23(5-2)6-3/h20H,4-19H2,1-3H3,(H,24,25). The van der Waals surface area contributed by atoms with Gasteiger partial charge < -0.3 is 10.0 Å². The lowest BCUT2D eigenvalue weighted by Crippen LogP contribution is -2.36. The first kappa shape index (κ1) is 24.9. The lowest BCUT2D eigenvalue weighted by molar-refractivity contribution is -0.144. The Labute approximate surface area is 161 Å². The van der Waals surface area contributed by atoms with E-state index >= 15 is 0 Å². The minimum atomic E-state index is -0.866. The van der Waals surface area contributed by atoms with Gasteiger partial charge in [-0.2, -0.15) is 0 Å². The highest BCUT2D eigenvalue weighted by Crippen LogP contribution is 2.19. The molecule has 0 aliphatic heterocycles. The van der Waals surface area contributed by atoms with Crippen LogP contribution in [0.5, 0.6) is 0 Å². The fraction of sp³-hybridized carbons (Fsp3) is 0.909. The summed E-state index contributed by atoms with van der Waals surface area (Å²) in [5.41, 5.74) is 0. The Balaban J connectivity index is 3.79. The van der Waals surface area contributed by atoms with Gasteiger partial charge in [-0.3, -0.25) is 9.59 Å². The zero-order valence-electron chi connectivity index (χ0n) is 17.6. The van der Waals surface area contributed by atoms with E-state index in [0.717, 1.165) is 12.8 Å². The second kappa shape index (κ2) is 17.4. The second-order valence-electron chi connectivity index (χ2n) is 7.48. The highest BCUT2D eigenvalue weighted by atomic mass is 16.4. The lowest BCUT2D eigenvalue weighted by atomic mass is 9.95. The average Bonchev–Trinajstić information content (AvgIpc) is 2.62. The summed E-state index contributed by atoms with van der Waals surface area (Å²) in [6.07, 6.45) is 16.1. The van der Waals surface area contributed by atoms with E-state index in [1.54, 1.807) is 4.90 Å². The smallest absolute Gasteiger partial charge is 0.304 e. The highest BCUT2D eigenvalue weighted by Gasteiger charge is 2.24. The lowest BCUT2D eigenvalue weighted by Gasteiger charge is -2.24. The maximum Gasteiger partial charge on any atom is 0.304 e. The summed E-state index contributed by atoms with van der Waals surface area (Å²) in [7, 11) is 0. The third-order valence-corrected chi connectivity index (χ3v) is 5.25. The van der Waals surface area contributed by atoms with E-state index < -0.39 is 5.97 Å². The largest absolute Gasteiger partial charge is 0.481 e. The fourth-order valence-electron chi connectivity index (χ4n) is 3.55. The van der Waals surface area contributed by atoms with Crippen molar-refractivity contribution in [1.82, 2.24) is 4.90 Å². The Morgan fingerprint density at radius 2 is 1.15 bits per heavy atom. The van der Waals surface area contributed by atoms with E-state index in [4.69, 9.17) is 5.11 Å². The topological polar surface area (TPSA) is 57.6 Å². The summed E-state index contributed by atoms with van der Waals surface area (Å²) in [4.78, 5) is 25.3. The number of amides is 1. The number of aliphatic carboxylic acids is 1. The molecule has 4 nitrogen and oxygen atoms in total. The van der Waals surface area contributed by atoms with Crippen LogP contribution >= 0.6 is 0 Å². The molecule has 0 aromatic rings. The van der Waals surface area contributed by atoms with E-state index in [2.05, 4.69) is 6.92 Å². The number of carbonyl (C=O) groups is 2. The molecule has 4 heteroatoms. The van der Waals surface area contributed by atoms with Crippen molar-refractivity contribution in [2.45, 2.75) is 111 Å². The van der Waals surface area contributed by atoms with Crippen LogP contribution in [0.25, 0.3) is 0 Å². The van der Waals surface area contributed by atoms with Gasteiger partial charge in [-0.25, -0.2) is 0 Å². The molecular formula is C22H43NO3. The van der Waals surface area contributed by atoms with Gasteiger partial charge in [-0.05, 0) is 20.3 Å². The van der Waals surface area contributed by atoms with Gasteiger partial charge >= 0.3 is 5.97 Å². The molecule has 0 radical (unpaired) electrons. The molecule has 0 spiro atoms. The number of rotatable bonds is 18. The number of unbranched alkanes of at least 4 members (excludes halogenated alkanes) is 11. The molecule has 0 aromatic heterocycles. The molecule has 0 aromatic carbocycles. The van der Waals surface area contributed by atoms with Crippen LogP contribution in [0.3, 0.4) is 0 Å². The molecule has 0 saturated carbocycles. The van der Waals surface area contributed by atoms with Gasteiger partial charge in [0.15, 0.2) is 0 Å². The summed E-state index contributed by atoms with van der Waals surface area (Å²) >= 11 is 0. The van der Waals surface area contributed by atoms with E-state index in [1.165, 1.54) is 64.2 Å². The number of hydrogen-bond acceptors (Lipinski definition) is 2. The van der Waals surface area contributed by atoms with Crippen molar-refractivity contribution in [3.63, 3.8) is 0 Å². The predicted octanol–water partition coefficient (Wildman–Crippen LogP) is 6.04. The first-order valence-corrected chi connectivity index (χ1v) is 11.1. The Morgan fingerprint density at radius 1 is 0.731 bits per heavy atom. The van der Waals surface area contributed by atoms with Crippen LogP contribution in [0.2, 0.25) is 0 Å². The Kier molecular flexibility index (Phi) is 16.7. The van der Waals surface area contributed by atoms with Crippen LogP contribution in [0.4, 0.5) is 0 Å². The molecule has 1 unspecified atom stereocenters. The number of carbonyl (C=O) groups excluding carboxylic acids is 1. The van der Waals surface area contributed by atoms with Crippen molar-refractivity contribution in [3.8, 4) is 0 Å². The summed E-state index contributed by atoms with van der Waals surface area (Å²) in [6.45, 7) is 7.46. The third kappa shape index (κ3) is 13.2. The van der Waals surface area contributed by atoms with E-state index in [9.17, 15) is 9.59 Å². The number of carboxylic acid groups (broad SMARTS) is 1. The molecule has 1 N–H and O–H groups in total. The van der Waals surface area contributed by atoms with E-state index in [-0.39, 0.29) is 18.2 Å². The van der Waals surface area contributed by atoms with Crippen molar-refractivity contribution in [3.05, 3.63) is 0 Å². The van der Waals surface area contributed by atoms with Crippen molar-refractivity contribution in [2.75, 3.05) is 13.1 Å². The molecule has 26 heavy (non-hydrogen) atoms. The Morgan fingerprint density at radius 3 is 1.54 bits per heavy atom. The van der Waals surface area contributed by atoms with Gasteiger partial charge in [-0.1, -0.05) is 84.0 Å². The minimum Gasteiger partial charge on any atom is -0.481 e. The molecule has 1 amide bonds.